The Bertz CT molecular complexity index is 515. The lowest BCUT2D eigenvalue weighted by molar-refractivity contribution is 0.467. The van der Waals surface area contributed by atoms with Crippen molar-refractivity contribution in [3.8, 4) is 0 Å². The van der Waals surface area contributed by atoms with Crippen molar-refractivity contribution in [1.29, 1.82) is 0 Å². The van der Waals surface area contributed by atoms with Crippen molar-refractivity contribution in [3.63, 3.8) is 0 Å². The van der Waals surface area contributed by atoms with E-state index < -0.39 is 22.9 Å². The monoisotopic (exact) mass is 473 g/mol. The lowest BCUT2D eigenvalue weighted by atomic mass is 11.2. The molecule has 0 fully saturated rings. The van der Waals surface area contributed by atoms with Crippen molar-refractivity contribution in [2.45, 2.75) is 0 Å². The Morgan fingerprint density at radius 3 is 0.655 bits per heavy atom. The summed E-state index contributed by atoms with van der Waals surface area (Å²) in [7, 11) is 27.0. The highest BCUT2D eigenvalue weighted by Crippen LogP contribution is 2.79. The molecule has 0 spiro atoms. The lowest BCUT2D eigenvalue weighted by Gasteiger charge is -2.44. The van der Waals surface area contributed by atoms with E-state index in [4.69, 9.17) is 9.03 Å². The second-order valence-corrected chi connectivity index (χ2v) is 19.6. The van der Waals surface area contributed by atoms with Crippen LogP contribution < -0.4 is 0 Å². The van der Waals surface area contributed by atoms with Gasteiger partial charge in [-0.25, -0.2) is 28.0 Å². The molecular formula is C16H48N10P3+. The number of nitrogens with zero attached hydrogens (tertiary/aromatic N) is 10. The van der Waals surface area contributed by atoms with Crippen LogP contribution in [0.5, 0.6) is 0 Å². The summed E-state index contributed by atoms with van der Waals surface area (Å²) in [4.78, 5) is 0. The molecule has 0 atom stereocenters. The molecule has 0 radical (unpaired) electrons. The Kier molecular flexibility index (Phi) is 11.1. The molecule has 0 aliphatic heterocycles. The summed E-state index contributed by atoms with van der Waals surface area (Å²) in [6, 6.07) is 0. The predicted molar refractivity (Wildman–Crippen MR) is 135 cm³/mol. The van der Waals surface area contributed by atoms with Crippen LogP contribution in [0, 0.1) is 0 Å². The van der Waals surface area contributed by atoms with Gasteiger partial charge in [0.25, 0.3) is 0 Å². The summed E-state index contributed by atoms with van der Waals surface area (Å²) in [6.07, 6.45) is 0. The summed E-state index contributed by atoms with van der Waals surface area (Å²) in [6.45, 7) is 0. The van der Waals surface area contributed by atoms with Crippen LogP contribution in [0.1, 0.15) is 0 Å². The van der Waals surface area contributed by atoms with E-state index in [2.05, 4.69) is 150 Å². The van der Waals surface area contributed by atoms with E-state index in [1.165, 1.54) is 0 Å². The minimum Gasteiger partial charge on any atom is -0.249 e. The maximum atomic E-state index is 5.70. The smallest absolute Gasteiger partial charge is 0.249 e. The first-order valence-electron chi connectivity index (χ1n) is 9.56. The van der Waals surface area contributed by atoms with Crippen LogP contribution in [-0.2, 0) is 0 Å². The number of hydrogen-bond donors (Lipinski definition) is 0. The molecule has 0 bridgehead atoms. The average Bonchev–Trinajstić information content (AvgIpc) is 2.52. The van der Waals surface area contributed by atoms with Gasteiger partial charge in [-0.3, -0.25) is 0 Å². The van der Waals surface area contributed by atoms with E-state index in [1.54, 1.807) is 0 Å². The molecule has 0 N–H and O–H groups in total. The molecule has 10 nitrogen and oxygen atoms in total. The van der Waals surface area contributed by atoms with Gasteiger partial charge in [0.05, 0.1) is 0 Å². The van der Waals surface area contributed by atoms with Crippen LogP contribution in [0.2, 0.25) is 0 Å². The molecule has 0 saturated carbocycles. The molecule has 0 aromatic carbocycles. The zero-order valence-electron chi connectivity index (χ0n) is 21.8. The lowest BCUT2D eigenvalue weighted by Crippen LogP contribution is -2.34. The van der Waals surface area contributed by atoms with E-state index in [0.29, 0.717) is 0 Å². The Morgan fingerprint density at radius 1 is 0.379 bits per heavy atom. The molecule has 0 saturated heterocycles. The molecule has 0 aromatic heterocycles. The molecule has 0 aromatic rings. The third kappa shape index (κ3) is 5.50. The zero-order valence-corrected chi connectivity index (χ0v) is 24.5. The van der Waals surface area contributed by atoms with Crippen molar-refractivity contribution >= 4 is 22.9 Å². The minimum absolute atomic E-state index is 2.10. The van der Waals surface area contributed by atoms with E-state index in [-0.39, 0.29) is 0 Å². The van der Waals surface area contributed by atoms with Gasteiger partial charge in [-0.05, 0) is 93.6 Å². The summed E-state index contributed by atoms with van der Waals surface area (Å²) >= 11 is 0. The standard InChI is InChI=1S/C16H48N10P3/c1-19(2)27(20(3)4,17-28(21(5)6,22(7)8)23(9)10)18-29(24(11)12,25(13)14)26(15)16/h1-16H3/q+1. The summed E-state index contributed by atoms with van der Waals surface area (Å²) in [5.41, 5.74) is 0. The average molecular weight is 474 g/mol. The normalized spacial score (nSPS) is 14.6. The Labute approximate surface area is 182 Å². The van der Waals surface area contributed by atoms with Gasteiger partial charge in [-0.2, -0.15) is 0 Å². The fourth-order valence-electron chi connectivity index (χ4n) is 3.64. The van der Waals surface area contributed by atoms with Gasteiger partial charge in [-0.15, -0.1) is 9.34 Å². The fourth-order valence-corrected chi connectivity index (χ4v) is 18.1. The second kappa shape index (κ2) is 10.9. The summed E-state index contributed by atoms with van der Waals surface area (Å²) in [5, 5.41) is 0. The highest BCUT2D eigenvalue weighted by atomic mass is 31.3. The first-order valence-corrected chi connectivity index (χ1v) is 14.4. The highest BCUT2D eigenvalue weighted by molar-refractivity contribution is 7.80. The van der Waals surface area contributed by atoms with Crippen molar-refractivity contribution < 1.29 is 0 Å². The van der Waals surface area contributed by atoms with Crippen LogP contribution in [0.4, 0.5) is 0 Å². The van der Waals surface area contributed by atoms with Crippen molar-refractivity contribution in [2.24, 2.45) is 9.03 Å². The van der Waals surface area contributed by atoms with Crippen LogP contribution in [0.15, 0.2) is 9.03 Å². The molecule has 0 aliphatic carbocycles. The maximum Gasteiger partial charge on any atom is 0.403 e. The maximum absolute atomic E-state index is 5.70. The zero-order chi connectivity index (χ0) is 23.5. The van der Waals surface area contributed by atoms with E-state index >= 15 is 0 Å². The van der Waals surface area contributed by atoms with Gasteiger partial charge in [0.15, 0.2) is 0 Å². The van der Waals surface area contributed by atoms with Crippen molar-refractivity contribution in [1.82, 2.24) is 37.4 Å². The second-order valence-electron chi connectivity index (χ2n) is 8.57. The minimum atomic E-state index is -2.44. The van der Waals surface area contributed by atoms with E-state index in [1.807, 2.05) is 0 Å². The van der Waals surface area contributed by atoms with Crippen molar-refractivity contribution in [2.75, 3.05) is 113 Å². The van der Waals surface area contributed by atoms with Gasteiger partial charge in [0, 0.05) is 28.2 Å². The van der Waals surface area contributed by atoms with Crippen molar-refractivity contribution in [3.05, 3.63) is 0 Å². The molecule has 0 unspecified atom stereocenters. The molecule has 13 heteroatoms. The SMILES string of the molecule is CN(C)P(=N[P+](N=P(N(C)C)(N(C)C)N(C)C)(N(C)C)N(C)C)(N(C)C)N(C)C. The van der Waals surface area contributed by atoms with Gasteiger partial charge in [0.1, 0.15) is 0 Å². The molecule has 176 valence electrons. The Balaban J connectivity index is 7.75. The summed E-state index contributed by atoms with van der Waals surface area (Å²) in [5.74, 6) is 0. The van der Waals surface area contributed by atoms with Crippen LogP contribution in [0.3, 0.4) is 0 Å². The van der Waals surface area contributed by atoms with Crippen LogP contribution >= 0.6 is 22.9 Å². The first kappa shape index (κ1) is 29.6. The van der Waals surface area contributed by atoms with Gasteiger partial charge in [-0.1, -0.05) is 0 Å². The largest absolute Gasteiger partial charge is 0.403 e. The highest BCUT2D eigenvalue weighted by Gasteiger charge is 2.54. The third-order valence-corrected chi connectivity index (χ3v) is 17.2. The Morgan fingerprint density at radius 2 is 0.552 bits per heavy atom. The molecular weight excluding hydrogens is 425 g/mol. The molecule has 29 heavy (non-hydrogen) atoms. The summed E-state index contributed by atoms with van der Waals surface area (Å²) < 4.78 is 29.4. The predicted octanol–water partition coefficient (Wildman–Crippen LogP) is 3.05. The quantitative estimate of drug-likeness (QED) is 0.449. The molecule has 0 heterocycles. The van der Waals surface area contributed by atoms with Gasteiger partial charge >= 0.3 is 7.87 Å². The third-order valence-electron chi connectivity index (χ3n) is 4.77. The fraction of sp³-hybridized carbons (Fsp3) is 1.00. The van der Waals surface area contributed by atoms with Gasteiger partial charge < -0.3 is 0 Å². The Hall–Kier alpha value is 0.570. The number of hydrogen-bond acceptors (Lipinski definition) is 4. The van der Waals surface area contributed by atoms with Gasteiger partial charge in [0.2, 0.25) is 15.0 Å². The van der Waals surface area contributed by atoms with E-state index in [9.17, 15) is 0 Å². The van der Waals surface area contributed by atoms with E-state index in [0.717, 1.165) is 0 Å². The first-order chi connectivity index (χ1) is 13.0. The molecule has 0 aliphatic rings. The molecule has 0 rings (SSSR count). The van der Waals surface area contributed by atoms with Crippen LogP contribution in [-0.4, -0.2) is 150 Å². The number of rotatable bonds is 10. The topological polar surface area (TPSA) is 50.6 Å². The van der Waals surface area contributed by atoms with Crippen LogP contribution in [0.25, 0.3) is 0 Å². The molecule has 0 amide bonds.